The van der Waals surface area contributed by atoms with E-state index in [0.717, 1.165) is 11.1 Å². The zero-order chi connectivity index (χ0) is 19.4. The van der Waals surface area contributed by atoms with Gasteiger partial charge in [0.25, 0.3) is 15.9 Å². The van der Waals surface area contributed by atoms with Crippen LogP contribution in [0.2, 0.25) is 0 Å². The molecular weight excluding hydrogens is 362 g/mol. The van der Waals surface area contributed by atoms with Crippen LogP contribution >= 0.6 is 0 Å². The Labute approximate surface area is 158 Å². The van der Waals surface area contributed by atoms with Crippen molar-refractivity contribution >= 4 is 27.3 Å². The maximum Gasteiger partial charge on any atom is 0.261 e. The summed E-state index contributed by atoms with van der Waals surface area (Å²) in [6.07, 6.45) is 3.04. The Kier molecular flexibility index (Phi) is 5.23. The third kappa shape index (κ3) is 4.51. The van der Waals surface area contributed by atoms with Crippen LogP contribution in [0.25, 0.3) is 0 Å². The molecule has 0 spiro atoms. The number of rotatable bonds is 5. The molecule has 0 unspecified atom stereocenters. The van der Waals surface area contributed by atoms with E-state index in [-0.39, 0.29) is 10.8 Å². The monoisotopic (exact) mass is 381 g/mol. The molecule has 27 heavy (non-hydrogen) atoms. The molecule has 1 amide bonds. The number of carbonyl (C=O) groups is 1. The molecule has 0 saturated heterocycles. The zero-order valence-electron chi connectivity index (χ0n) is 14.9. The Morgan fingerprint density at radius 3 is 2.26 bits per heavy atom. The maximum absolute atomic E-state index is 12.5. The van der Waals surface area contributed by atoms with Gasteiger partial charge >= 0.3 is 0 Å². The second kappa shape index (κ2) is 7.59. The molecule has 1 heterocycles. The maximum atomic E-state index is 12.5. The highest BCUT2D eigenvalue weighted by molar-refractivity contribution is 7.92. The fraction of sp³-hybridized carbons (Fsp3) is 0.100. The highest BCUT2D eigenvalue weighted by Gasteiger charge is 2.15. The van der Waals surface area contributed by atoms with E-state index in [1.54, 1.807) is 42.6 Å². The predicted octanol–water partition coefficient (Wildman–Crippen LogP) is 3.75. The number of aromatic nitrogens is 1. The number of pyridine rings is 1. The highest BCUT2D eigenvalue weighted by atomic mass is 32.2. The van der Waals surface area contributed by atoms with Crippen LogP contribution in [0.3, 0.4) is 0 Å². The highest BCUT2D eigenvalue weighted by Crippen LogP contribution is 2.20. The summed E-state index contributed by atoms with van der Waals surface area (Å²) in [5, 5.41) is 2.71. The molecule has 0 saturated carbocycles. The number of carbonyl (C=O) groups excluding carboxylic acids is 1. The van der Waals surface area contributed by atoms with Gasteiger partial charge in [0.1, 0.15) is 0 Å². The van der Waals surface area contributed by atoms with Gasteiger partial charge in [-0.05, 0) is 73.5 Å². The first-order valence-corrected chi connectivity index (χ1v) is 9.75. The SMILES string of the molecule is Cc1ccc(NS(=O)(=O)c2ccc(NC(=O)c3cccnc3)cc2)cc1C. The summed E-state index contributed by atoms with van der Waals surface area (Å²) in [5.74, 6) is -0.313. The van der Waals surface area contributed by atoms with Crippen molar-refractivity contribution in [3.63, 3.8) is 0 Å². The Hall–Kier alpha value is -3.19. The second-order valence-corrected chi connectivity index (χ2v) is 7.81. The minimum absolute atomic E-state index is 0.111. The quantitative estimate of drug-likeness (QED) is 0.704. The third-order valence-corrected chi connectivity index (χ3v) is 5.50. The largest absolute Gasteiger partial charge is 0.322 e. The zero-order valence-corrected chi connectivity index (χ0v) is 15.7. The van der Waals surface area contributed by atoms with Crippen molar-refractivity contribution in [1.82, 2.24) is 4.98 Å². The van der Waals surface area contributed by atoms with Crippen molar-refractivity contribution in [1.29, 1.82) is 0 Å². The molecule has 6 nitrogen and oxygen atoms in total. The van der Waals surface area contributed by atoms with E-state index in [1.165, 1.54) is 18.3 Å². The molecule has 2 aromatic carbocycles. The van der Waals surface area contributed by atoms with E-state index in [1.807, 2.05) is 19.9 Å². The minimum Gasteiger partial charge on any atom is -0.322 e. The smallest absolute Gasteiger partial charge is 0.261 e. The summed E-state index contributed by atoms with van der Waals surface area (Å²) in [6, 6.07) is 14.7. The van der Waals surface area contributed by atoms with Crippen LogP contribution in [0.15, 0.2) is 71.9 Å². The minimum atomic E-state index is -3.71. The normalized spacial score (nSPS) is 11.0. The van der Waals surface area contributed by atoms with Crippen molar-refractivity contribution < 1.29 is 13.2 Å². The van der Waals surface area contributed by atoms with Crippen LogP contribution in [0.4, 0.5) is 11.4 Å². The Bertz CT molecular complexity index is 1060. The topological polar surface area (TPSA) is 88.2 Å². The first-order chi connectivity index (χ1) is 12.8. The molecule has 0 aliphatic rings. The van der Waals surface area contributed by atoms with Gasteiger partial charge in [0.15, 0.2) is 0 Å². The van der Waals surface area contributed by atoms with Gasteiger partial charge in [0.05, 0.1) is 10.5 Å². The number of amides is 1. The molecule has 138 valence electrons. The summed E-state index contributed by atoms with van der Waals surface area (Å²) in [5.41, 5.74) is 3.52. The van der Waals surface area contributed by atoms with Gasteiger partial charge in [-0.25, -0.2) is 8.42 Å². The molecule has 0 atom stereocenters. The van der Waals surface area contributed by atoms with Gasteiger partial charge in [0, 0.05) is 23.8 Å². The summed E-state index contributed by atoms with van der Waals surface area (Å²) in [4.78, 5) is 16.1. The second-order valence-electron chi connectivity index (χ2n) is 6.12. The number of sulfonamides is 1. The summed E-state index contributed by atoms with van der Waals surface area (Å²) < 4.78 is 27.7. The van der Waals surface area contributed by atoms with Gasteiger partial charge in [-0.1, -0.05) is 6.07 Å². The molecule has 3 aromatic rings. The van der Waals surface area contributed by atoms with E-state index in [0.29, 0.717) is 16.9 Å². The van der Waals surface area contributed by atoms with Crippen LogP contribution in [0.5, 0.6) is 0 Å². The average molecular weight is 381 g/mol. The molecule has 3 rings (SSSR count). The molecule has 0 fully saturated rings. The first-order valence-electron chi connectivity index (χ1n) is 8.27. The molecular formula is C20H19N3O3S. The number of hydrogen-bond donors (Lipinski definition) is 2. The van der Waals surface area contributed by atoms with E-state index >= 15 is 0 Å². The lowest BCUT2D eigenvalue weighted by molar-refractivity contribution is 0.102. The first kappa shape index (κ1) is 18.6. The van der Waals surface area contributed by atoms with Gasteiger partial charge in [-0.15, -0.1) is 0 Å². The van der Waals surface area contributed by atoms with Crippen molar-refractivity contribution in [2.75, 3.05) is 10.0 Å². The van der Waals surface area contributed by atoms with Crippen molar-refractivity contribution in [2.45, 2.75) is 18.7 Å². The lowest BCUT2D eigenvalue weighted by Gasteiger charge is -2.11. The molecule has 0 aliphatic carbocycles. The fourth-order valence-corrected chi connectivity index (χ4v) is 3.49. The number of nitrogens with zero attached hydrogens (tertiary/aromatic N) is 1. The molecule has 0 bridgehead atoms. The predicted molar refractivity (Wildman–Crippen MR) is 105 cm³/mol. The summed E-state index contributed by atoms with van der Waals surface area (Å²) >= 11 is 0. The number of anilines is 2. The number of nitrogens with one attached hydrogen (secondary N) is 2. The standard InChI is InChI=1S/C20H19N3O3S/c1-14-5-6-18(12-15(14)2)23-27(25,26)19-9-7-17(8-10-19)22-20(24)16-4-3-11-21-13-16/h3-13,23H,1-2H3,(H,22,24). The third-order valence-electron chi connectivity index (χ3n) is 4.11. The van der Waals surface area contributed by atoms with Crippen LogP contribution in [-0.4, -0.2) is 19.3 Å². The van der Waals surface area contributed by atoms with Crippen molar-refractivity contribution in [3.05, 3.63) is 83.7 Å². The number of aryl methyl sites for hydroxylation is 2. The van der Waals surface area contributed by atoms with Gasteiger partial charge in [-0.2, -0.15) is 0 Å². The van der Waals surface area contributed by atoms with Crippen molar-refractivity contribution in [3.8, 4) is 0 Å². The fourth-order valence-electron chi connectivity index (χ4n) is 2.44. The van der Waals surface area contributed by atoms with Gasteiger partial charge in [0.2, 0.25) is 0 Å². The van der Waals surface area contributed by atoms with Crippen LogP contribution in [-0.2, 0) is 10.0 Å². The van der Waals surface area contributed by atoms with Crippen LogP contribution < -0.4 is 10.0 Å². The molecule has 0 radical (unpaired) electrons. The number of benzene rings is 2. The van der Waals surface area contributed by atoms with Crippen LogP contribution in [0.1, 0.15) is 21.5 Å². The lowest BCUT2D eigenvalue weighted by atomic mass is 10.1. The van der Waals surface area contributed by atoms with Crippen molar-refractivity contribution in [2.24, 2.45) is 0 Å². The summed E-state index contributed by atoms with van der Waals surface area (Å²) in [6.45, 7) is 3.89. The Balaban J connectivity index is 1.73. The number of hydrogen-bond acceptors (Lipinski definition) is 4. The van der Waals surface area contributed by atoms with E-state index in [4.69, 9.17) is 0 Å². The Morgan fingerprint density at radius 2 is 1.63 bits per heavy atom. The van der Waals surface area contributed by atoms with Gasteiger partial charge in [-0.3, -0.25) is 14.5 Å². The van der Waals surface area contributed by atoms with Crippen LogP contribution in [0, 0.1) is 13.8 Å². The van der Waals surface area contributed by atoms with Gasteiger partial charge < -0.3 is 5.32 Å². The average Bonchev–Trinajstić information content (AvgIpc) is 2.66. The molecule has 1 aromatic heterocycles. The molecule has 7 heteroatoms. The molecule has 2 N–H and O–H groups in total. The summed E-state index contributed by atoms with van der Waals surface area (Å²) in [7, 11) is -3.71. The Morgan fingerprint density at radius 1 is 0.926 bits per heavy atom. The lowest BCUT2D eigenvalue weighted by Crippen LogP contribution is -2.14. The van der Waals surface area contributed by atoms with E-state index in [2.05, 4.69) is 15.0 Å². The van der Waals surface area contributed by atoms with E-state index in [9.17, 15) is 13.2 Å². The molecule has 0 aliphatic heterocycles. The van der Waals surface area contributed by atoms with E-state index < -0.39 is 10.0 Å².